The quantitative estimate of drug-likeness (QED) is 0.247. The standard InChI is InChI=1S/C27H27BrF3N5O3S2/c1-26(2,3)18-11-17(12-19(13-18)41(38,39)27(29,30)31)22-23(28)40-25(34-22)16-6-9-35(10-7-16)21(37)14-36-15-33-20-5-4-8-32-24(20)36/h4-5,8,11-13,15-16H,6-7,9-10,14H2,1-3H3. The van der Waals surface area contributed by atoms with E-state index in [9.17, 15) is 26.4 Å². The molecule has 1 saturated heterocycles. The number of thiazole rings is 1. The SMILES string of the molecule is CC(C)(C)c1cc(-c2nc(C3CCN(C(=O)Cn4cnc5cccnc54)CC3)sc2Br)cc(S(=O)(=O)C(F)(F)F)c1. The van der Waals surface area contributed by atoms with Gasteiger partial charge in [-0.25, -0.2) is 23.4 Å². The third kappa shape index (κ3) is 5.91. The van der Waals surface area contributed by atoms with Gasteiger partial charge in [0.25, 0.3) is 9.84 Å². The number of nitrogens with zero attached hydrogens (tertiary/aromatic N) is 5. The van der Waals surface area contributed by atoms with Gasteiger partial charge in [0.2, 0.25) is 5.91 Å². The zero-order chi connectivity index (χ0) is 29.7. The summed E-state index contributed by atoms with van der Waals surface area (Å²) in [6.07, 6.45) is 4.61. The molecule has 41 heavy (non-hydrogen) atoms. The van der Waals surface area contributed by atoms with Crippen molar-refractivity contribution in [2.24, 2.45) is 0 Å². The van der Waals surface area contributed by atoms with E-state index in [2.05, 4.69) is 25.9 Å². The molecular formula is C27H27BrF3N5O3S2. The van der Waals surface area contributed by atoms with E-state index >= 15 is 0 Å². The average molecular weight is 671 g/mol. The number of carbonyl (C=O) groups excluding carboxylic acids is 1. The van der Waals surface area contributed by atoms with Crippen molar-refractivity contribution >= 4 is 54.2 Å². The second-order valence-corrected chi connectivity index (χ2v) is 15.3. The Kier molecular flexibility index (Phi) is 7.79. The van der Waals surface area contributed by atoms with E-state index in [1.807, 2.05) is 6.07 Å². The molecule has 1 amide bonds. The smallest absolute Gasteiger partial charge is 0.341 e. The number of fused-ring (bicyclic) bond motifs is 1. The van der Waals surface area contributed by atoms with Crippen molar-refractivity contribution in [1.82, 2.24) is 24.4 Å². The van der Waals surface area contributed by atoms with Crippen LogP contribution in [0, 0.1) is 0 Å². The fraction of sp³-hybridized carbons (Fsp3) is 0.407. The number of sulfone groups is 1. The Morgan fingerprint density at radius 1 is 1.12 bits per heavy atom. The van der Waals surface area contributed by atoms with Crippen molar-refractivity contribution in [2.75, 3.05) is 13.1 Å². The molecule has 0 spiro atoms. The number of benzene rings is 1. The summed E-state index contributed by atoms with van der Waals surface area (Å²) in [6, 6.07) is 7.44. The molecule has 0 unspecified atom stereocenters. The summed E-state index contributed by atoms with van der Waals surface area (Å²) in [5.74, 6) is 0.0147. The van der Waals surface area contributed by atoms with Crippen LogP contribution < -0.4 is 0 Å². The second-order valence-electron chi connectivity index (χ2n) is 11.0. The number of hydrogen-bond acceptors (Lipinski definition) is 7. The number of halogens is 4. The van der Waals surface area contributed by atoms with Gasteiger partial charge in [-0.1, -0.05) is 20.8 Å². The molecule has 218 valence electrons. The van der Waals surface area contributed by atoms with Gasteiger partial charge in [0.05, 0.1) is 25.7 Å². The molecule has 8 nitrogen and oxygen atoms in total. The molecule has 4 heterocycles. The van der Waals surface area contributed by atoms with Crippen LogP contribution in [0.1, 0.15) is 50.1 Å². The van der Waals surface area contributed by atoms with Crippen molar-refractivity contribution in [1.29, 1.82) is 0 Å². The van der Waals surface area contributed by atoms with Gasteiger partial charge >= 0.3 is 5.51 Å². The number of carbonyl (C=O) groups is 1. The van der Waals surface area contributed by atoms with Gasteiger partial charge in [-0.15, -0.1) is 11.3 Å². The molecular weight excluding hydrogens is 643 g/mol. The number of likely N-dealkylation sites (tertiary alicyclic amines) is 1. The van der Waals surface area contributed by atoms with Crippen molar-refractivity contribution < 1.29 is 26.4 Å². The van der Waals surface area contributed by atoms with Crippen molar-refractivity contribution in [2.45, 2.75) is 61.9 Å². The number of alkyl halides is 3. The van der Waals surface area contributed by atoms with E-state index in [1.54, 1.807) is 54.9 Å². The Balaban J connectivity index is 1.35. The van der Waals surface area contributed by atoms with Gasteiger partial charge in [-0.3, -0.25) is 4.79 Å². The molecule has 1 aliphatic heterocycles. The second kappa shape index (κ2) is 10.8. The van der Waals surface area contributed by atoms with E-state index in [-0.39, 0.29) is 18.4 Å². The topological polar surface area (TPSA) is 98.1 Å². The first-order chi connectivity index (χ1) is 19.1. The zero-order valence-corrected chi connectivity index (χ0v) is 25.7. The summed E-state index contributed by atoms with van der Waals surface area (Å²) in [7, 11) is -5.55. The van der Waals surface area contributed by atoms with Crippen LogP contribution in [0.25, 0.3) is 22.4 Å². The van der Waals surface area contributed by atoms with E-state index in [4.69, 9.17) is 4.98 Å². The molecule has 0 atom stereocenters. The molecule has 1 fully saturated rings. The first-order valence-electron chi connectivity index (χ1n) is 12.8. The first-order valence-corrected chi connectivity index (χ1v) is 15.9. The minimum Gasteiger partial charge on any atom is -0.341 e. The Bertz CT molecular complexity index is 1720. The molecule has 0 radical (unpaired) electrons. The monoisotopic (exact) mass is 669 g/mol. The molecule has 0 aliphatic carbocycles. The average Bonchev–Trinajstić information content (AvgIpc) is 3.51. The van der Waals surface area contributed by atoms with E-state index in [1.165, 1.54) is 11.3 Å². The molecule has 0 N–H and O–H groups in total. The minimum atomic E-state index is -5.55. The van der Waals surface area contributed by atoms with E-state index in [0.29, 0.717) is 52.2 Å². The predicted molar refractivity (Wildman–Crippen MR) is 153 cm³/mol. The summed E-state index contributed by atoms with van der Waals surface area (Å²) in [6.45, 7) is 6.61. The predicted octanol–water partition coefficient (Wildman–Crippen LogP) is 6.31. The molecule has 5 rings (SSSR count). The maximum atomic E-state index is 13.4. The van der Waals surface area contributed by atoms with Crippen LogP contribution in [0.3, 0.4) is 0 Å². The van der Waals surface area contributed by atoms with Crippen LogP contribution >= 0.6 is 27.3 Å². The van der Waals surface area contributed by atoms with Crippen molar-refractivity contribution in [3.63, 3.8) is 0 Å². The maximum absolute atomic E-state index is 13.4. The lowest BCUT2D eigenvalue weighted by atomic mass is 9.86. The molecule has 1 aliphatic rings. The minimum absolute atomic E-state index is 0.0354. The lowest BCUT2D eigenvalue weighted by molar-refractivity contribution is -0.132. The van der Waals surface area contributed by atoms with Crippen molar-refractivity contribution in [3.8, 4) is 11.3 Å². The number of amides is 1. The van der Waals surface area contributed by atoms with Gasteiger partial charge in [-0.05, 0) is 70.1 Å². The largest absolute Gasteiger partial charge is 0.501 e. The highest BCUT2D eigenvalue weighted by molar-refractivity contribution is 9.11. The van der Waals surface area contributed by atoms with Crippen LogP contribution in [0.15, 0.2) is 51.5 Å². The Morgan fingerprint density at radius 3 is 2.49 bits per heavy atom. The fourth-order valence-corrected chi connectivity index (χ4v) is 7.39. The number of rotatable bonds is 5. The molecule has 1 aromatic carbocycles. The van der Waals surface area contributed by atoms with Crippen LogP contribution in [-0.4, -0.2) is 57.3 Å². The third-order valence-corrected chi connectivity index (χ3v) is 10.5. The normalized spacial score (nSPS) is 15.5. The molecule has 4 aromatic rings. The highest BCUT2D eigenvalue weighted by Gasteiger charge is 2.47. The molecule has 0 bridgehead atoms. The first kappa shape index (κ1) is 29.6. The summed E-state index contributed by atoms with van der Waals surface area (Å²) in [5.41, 5.74) is -3.51. The number of aromatic nitrogens is 4. The Hall–Kier alpha value is -2.84. The van der Waals surface area contributed by atoms with Crippen LogP contribution in [-0.2, 0) is 26.6 Å². The fourth-order valence-electron chi connectivity index (χ4n) is 4.76. The lowest BCUT2D eigenvalue weighted by Crippen LogP contribution is -2.39. The third-order valence-electron chi connectivity index (χ3n) is 7.14. The van der Waals surface area contributed by atoms with Gasteiger partial charge in [0.1, 0.15) is 12.1 Å². The van der Waals surface area contributed by atoms with Gasteiger partial charge < -0.3 is 9.47 Å². The number of pyridine rings is 1. The van der Waals surface area contributed by atoms with E-state index < -0.39 is 25.7 Å². The molecule has 14 heteroatoms. The number of imidazole rings is 1. The maximum Gasteiger partial charge on any atom is 0.501 e. The highest BCUT2D eigenvalue weighted by atomic mass is 79.9. The van der Waals surface area contributed by atoms with Crippen LogP contribution in [0.5, 0.6) is 0 Å². The van der Waals surface area contributed by atoms with Gasteiger partial charge in [0.15, 0.2) is 5.65 Å². The number of hydrogen-bond donors (Lipinski definition) is 0. The van der Waals surface area contributed by atoms with Gasteiger partial charge in [-0.2, -0.15) is 13.2 Å². The Morgan fingerprint density at radius 2 is 1.83 bits per heavy atom. The zero-order valence-electron chi connectivity index (χ0n) is 22.4. The van der Waals surface area contributed by atoms with Crippen molar-refractivity contribution in [3.05, 3.63) is 57.2 Å². The summed E-state index contributed by atoms with van der Waals surface area (Å²) in [5, 5.41) is 0.783. The Labute approximate surface area is 247 Å². The highest BCUT2D eigenvalue weighted by Crippen LogP contribution is 2.42. The summed E-state index contributed by atoms with van der Waals surface area (Å²) in [4.78, 5) is 27.3. The van der Waals surface area contributed by atoms with E-state index in [0.717, 1.165) is 22.7 Å². The van der Waals surface area contributed by atoms with Gasteiger partial charge in [0, 0.05) is 30.8 Å². The van der Waals surface area contributed by atoms with Crippen LogP contribution in [0.2, 0.25) is 0 Å². The summed E-state index contributed by atoms with van der Waals surface area (Å²) >= 11 is 4.88. The molecule has 0 saturated carbocycles. The van der Waals surface area contributed by atoms with Crippen LogP contribution in [0.4, 0.5) is 13.2 Å². The molecule has 3 aromatic heterocycles. The summed E-state index contributed by atoms with van der Waals surface area (Å²) < 4.78 is 67.2. The lowest BCUT2D eigenvalue weighted by Gasteiger charge is -2.31. The number of piperidine rings is 1.